The standard InChI is InChI=1S/C19H22O6/c1-12-9-16(23-4)17(24-5)10-13(12)11-25-19(20)18-14(21-2)7-6-8-15(18)22-3/h6-10H,11H2,1-5H3. The van der Waals surface area contributed by atoms with Crippen molar-refractivity contribution in [2.45, 2.75) is 13.5 Å². The highest BCUT2D eigenvalue weighted by Crippen LogP contribution is 2.32. The fourth-order valence-corrected chi connectivity index (χ4v) is 2.45. The SMILES string of the molecule is COc1cc(C)c(COC(=O)c2c(OC)cccc2OC)cc1OC. The van der Waals surface area contributed by atoms with Crippen molar-refractivity contribution in [1.82, 2.24) is 0 Å². The Kier molecular flexibility index (Phi) is 6.11. The predicted octanol–water partition coefficient (Wildman–Crippen LogP) is 3.39. The molecule has 2 aromatic carbocycles. The molecule has 6 nitrogen and oxygen atoms in total. The van der Waals surface area contributed by atoms with Gasteiger partial charge in [0.05, 0.1) is 28.4 Å². The van der Waals surface area contributed by atoms with Gasteiger partial charge >= 0.3 is 5.97 Å². The van der Waals surface area contributed by atoms with E-state index in [1.807, 2.05) is 13.0 Å². The minimum Gasteiger partial charge on any atom is -0.496 e. The molecule has 0 heterocycles. The van der Waals surface area contributed by atoms with Gasteiger partial charge in [-0.3, -0.25) is 0 Å². The zero-order valence-corrected chi connectivity index (χ0v) is 15.0. The minimum atomic E-state index is -0.525. The third-order valence-corrected chi connectivity index (χ3v) is 3.83. The Morgan fingerprint density at radius 1 is 0.840 bits per heavy atom. The van der Waals surface area contributed by atoms with Crippen LogP contribution >= 0.6 is 0 Å². The second-order valence-electron chi connectivity index (χ2n) is 5.25. The van der Waals surface area contributed by atoms with Crippen molar-refractivity contribution in [2.24, 2.45) is 0 Å². The first-order chi connectivity index (χ1) is 12.0. The number of hydrogen-bond donors (Lipinski definition) is 0. The van der Waals surface area contributed by atoms with Gasteiger partial charge in [-0.25, -0.2) is 4.79 Å². The lowest BCUT2D eigenvalue weighted by molar-refractivity contribution is 0.0464. The Hall–Kier alpha value is -2.89. The van der Waals surface area contributed by atoms with Crippen LogP contribution in [0.2, 0.25) is 0 Å². The van der Waals surface area contributed by atoms with Crippen LogP contribution in [-0.4, -0.2) is 34.4 Å². The Morgan fingerprint density at radius 2 is 1.36 bits per heavy atom. The first kappa shape index (κ1) is 18.4. The number of rotatable bonds is 7. The van der Waals surface area contributed by atoms with E-state index in [9.17, 15) is 4.79 Å². The number of ether oxygens (including phenoxy) is 5. The summed E-state index contributed by atoms with van der Waals surface area (Å²) in [5.74, 6) is 1.47. The number of esters is 1. The van der Waals surface area contributed by atoms with Crippen LogP contribution in [0, 0.1) is 6.92 Å². The van der Waals surface area contributed by atoms with Crippen LogP contribution in [0.3, 0.4) is 0 Å². The number of benzene rings is 2. The molecule has 2 rings (SSSR count). The maximum atomic E-state index is 12.5. The first-order valence-electron chi connectivity index (χ1n) is 7.65. The zero-order valence-electron chi connectivity index (χ0n) is 15.0. The highest BCUT2D eigenvalue weighted by molar-refractivity contribution is 5.95. The lowest BCUT2D eigenvalue weighted by Crippen LogP contribution is -2.10. The van der Waals surface area contributed by atoms with Crippen LogP contribution in [0.4, 0.5) is 0 Å². The van der Waals surface area contributed by atoms with E-state index < -0.39 is 5.97 Å². The highest BCUT2D eigenvalue weighted by Gasteiger charge is 2.20. The van der Waals surface area contributed by atoms with Crippen molar-refractivity contribution < 1.29 is 28.5 Å². The molecule has 0 saturated heterocycles. The predicted molar refractivity (Wildman–Crippen MR) is 92.9 cm³/mol. The summed E-state index contributed by atoms with van der Waals surface area (Å²) in [5.41, 5.74) is 2.00. The van der Waals surface area contributed by atoms with E-state index in [0.717, 1.165) is 11.1 Å². The largest absolute Gasteiger partial charge is 0.496 e. The van der Waals surface area contributed by atoms with Crippen LogP contribution < -0.4 is 18.9 Å². The number of hydrogen-bond acceptors (Lipinski definition) is 6. The normalized spacial score (nSPS) is 10.1. The second kappa shape index (κ2) is 8.28. The van der Waals surface area contributed by atoms with Gasteiger partial charge in [0.1, 0.15) is 23.7 Å². The van der Waals surface area contributed by atoms with E-state index in [1.165, 1.54) is 14.2 Å². The monoisotopic (exact) mass is 346 g/mol. The van der Waals surface area contributed by atoms with Crippen LogP contribution in [0.25, 0.3) is 0 Å². The molecule has 0 aliphatic carbocycles. The van der Waals surface area contributed by atoms with Crippen molar-refractivity contribution in [3.05, 3.63) is 47.0 Å². The molecule has 0 aliphatic heterocycles. The molecule has 0 aromatic heterocycles. The van der Waals surface area contributed by atoms with Crippen molar-refractivity contribution in [1.29, 1.82) is 0 Å². The summed E-state index contributed by atoms with van der Waals surface area (Å²) < 4.78 is 26.5. The third-order valence-electron chi connectivity index (χ3n) is 3.83. The summed E-state index contributed by atoms with van der Waals surface area (Å²) in [6.45, 7) is 2.00. The first-order valence-corrected chi connectivity index (χ1v) is 7.65. The second-order valence-corrected chi connectivity index (χ2v) is 5.25. The van der Waals surface area contributed by atoms with Gasteiger partial charge in [0.15, 0.2) is 11.5 Å². The summed E-state index contributed by atoms with van der Waals surface area (Å²) in [6.07, 6.45) is 0. The van der Waals surface area contributed by atoms with Gasteiger partial charge in [0.2, 0.25) is 0 Å². The quantitative estimate of drug-likeness (QED) is 0.716. The van der Waals surface area contributed by atoms with Gasteiger partial charge in [-0.1, -0.05) is 6.07 Å². The number of methoxy groups -OCH3 is 4. The van der Waals surface area contributed by atoms with Crippen molar-refractivity contribution in [3.63, 3.8) is 0 Å². The Morgan fingerprint density at radius 3 is 1.88 bits per heavy atom. The van der Waals surface area contributed by atoms with Gasteiger partial charge in [0.25, 0.3) is 0 Å². The van der Waals surface area contributed by atoms with Crippen LogP contribution in [0.1, 0.15) is 21.5 Å². The molecular weight excluding hydrogens is 324 g/mol. The minimum absolute atomic E-state index is 0.0895. The molecule has 0 atom stereocenters. The van der Waals surface area contributed by atoms with Crippen molar-refractivity contribution in [2.75, 3.05) is 28.4 Å². The fraction of sp³-hybridized carbons (Fsp3) is 0.316. The maximum absolute atomic E-state index is 12.5. The van der Waals surface area contributed by atoms with Gasteiger partial charge in [-0.15, -0.1) is 0 Å². The molecule has 25 heavy (non-hydrogen) atoms. The molecule has 0 aliphatic rings. The van der Waals surface area contributed by atoms with E-state index in [1.54, 1.807) is 38.5 Å². The summed E-state index contributed by atoms with van der Waals surface area (Å²) in [7, 11) is 6.11. The van der Waals surface area contributed by atoms with Gasteiger partial charge < -0.3 is 23.7 Å². The molecule has 0 N–H and O–H groups in total. The van der Waals surface area contributed by atoms with Gasteiger partial charge in [0, 0.05) is 0 Å². The Balaban J connectivity index is 2.24. The van der Waals surface area contributed by atoms with Crippen LogP contribution in [0.15, 0.2) is 30.3 Å². The summed E-state index contributed by atoms with van der Waals surface area (Å²) in [5, 5.41) is 0. The third kappa shape index (κ3) is 3.96. The molecule has 0 unspecified atom stereocenters. The Labute approximate surface area is 147 Å². The molecule has 6 heteroatoms. The number of carbonyl (C=O) groups is 1. The molecule has 0 fully saturated rings. The number of carbonyl (C=O) groups excluding carboxylic acids is 1. The maximum Gasteiger partial charge on any atom is 0.346 e. The van der Waals surface area contributed by atoms with Crippen LogP contribution in [0.5, 0.6) is 23.0 Å². The molecule has 0 saturated carbocycles. The molecule has 0 spiro atoms. The lowest BCUT2D eigenvalue weighted by Gasteiger charge is -2.15. The average molecular weight is 346 g/mol. The molecule has 0 radical (unpaired) electrons. The van der Waals surface area contributed by atoms with E-state index in [-0.39, 0.29) is 12.2 Å². The smallest absolute Gasteiger partial charge is 0.346 e. The van der Waals surface area contributed by atoms with Crippen molar-refractivity contribution >= 4 is 5.97 Å². The average Bonchev–Trinajstić information content (AvgIpc) is 2.65. The summed E-state index contributed by atoms with van der Waals surface area (Å²) in [4.78, 5) is 12.5. The van der Waals surface area contributed by atoms with Gasteiger partial charge in [-0.2, -0.15) is 0 Å². The lowest BCUT2D eigenvalue weighted by atomic mass is 10.1. The molecule has 2 aromatic rings. The molecule has 0 amide bonds. The topological polar surface area (TPSA) is 63.2 Å². The summed E-state index contributed by atoms with van der Waals surface area (Å²) in [6, 6.07) is 8.74. The molecule has 134 valence electrons. The van der Waals surface area contributed by atoms with E-state index in [0.29, 0.717) is 23.0 Å². The fourth-order valence-electron chi connectivity index (χ4n) is 2.45. The molecular formula is C19H22O6. The Bertz CT molecular complexity index is 732. The highest BCUT2D eigenvalue weighted by atomic mass is 16.5. The van der Waals surface area contributed by atoms with E-state index in [2.05, 4.69) is 0 Å². The van der Waals surface area contributed by atoms with Crippen LogP contribution in [-0.2, 0) is 11.3 Å². The van der Waals surface area contributed by atoms with Gasteiger partial charge in [-0.05, 0) is 42.3 Å². The van der Waals surface area contributed by atoms with Crippen molar-refractivity contribution in [3.8, 4) is 23.0 Å². The summed E-state index contributed by atoms with van der Waals surface area (Å²) >= 11 is 0. The molecule has 0 bridgehead atoms. The van der Waals surface area contributed by atoms with E-state index in [4.69, 9.17) is 23.7 Å². The number of aryl methyl sites for hydroxylation is 1. The zero-order chi connectivity index (χ0) is 18.4. The van der Waals surface area contributed by atoms with E-state index >= 15 is 0 Å².